The lowest BCUT2D eigenvalue weighted by Crippen LogP contribution is -2.20. The topological polar surface area (TPSA) is 71.2 Å². The third-order valence-corrected chi connectivity index (χ3v) is 3.21. The molecule has 0 saturated heterocycles. The highest BCUT2D eigenvalue weighted by Gasteiger charge is 2.10. The zero-order valence-corrected chi connectivity index (χ0v) is 12.3. The number of nitrogens with zero attached hydrogens (tertiary/aromatic N) is 6. The number of anilines is 2. The smallest absolute Gasteiger partial charge is 0.222 e. The maximum Gasteiger partial charge on any atom is 0.222 e. The molecule has 0 radical (unpaired) electrons. The molecule has 3 rings (SSSR count). The molecule has 0 spiro atoms. The van der Waals surface area contributed by atoms with E-state index in [4.69, 9.17) is 0 Å². The van der Waals surface area contributed by atoms with Crippen molar-refractivity contribution < 1.29 is 0 Å². The second kappa shape index (κ2) is 5.35. The second-order valence-electron chi connectivity index (χ2n) is 4.88. The van der Waals surface area contributed by atoms with Crippen LogP contribution in [0.3, 0.4) is 0 Å². The molecule has 3 aromatic rings. The molecular formula is C14H17N7. The van der Waals surface area contributed by atoms with E-state index in [1.165, 1.54) is 0 Å². The third kappa shape index (κ3) is 2.62. The van der Waals surface area contributed by atoms with Crippen molar-refractivity contribution in [2.75, 3.05) is 24.3 Å². The number of aromatic nitrogens is 5. The van der Waals surface area contributed by atoms with E-state index in [0.29, 0.717) is 12.5 Å². The Labute approximate surface area is 122 Å². The van der Waals surface area contributed by atoms with Crippen LogP contribution in [0.2, 0.25) is 0 Å². The molecule has 0 aliphatic rings. The van der Waals surface area contributed by atoms with Gasteiger partial charge in [-0.15, -0.1) is 0 Å². The predicted octanol–water partition coefficient (Wildman–Crippen LogP) is 1.51. The Morgan fingerprint density at radius 2 is 2.05 bits per heavy atom. The van der Waals surface area contributed by atoms with Gasteiger partial charge in [0.1, 0.15) is 5.82 Å². The van der Waals surface area contributed by atoms with Gasteiger partial charge in [-0.3, -0.25) is 0 Å². The Morgan fingerprint density at radius 1 is 1.29 bits per heavy atom. The minimum Gasteiger partial charge on any atom is -0.357 e. The molecule has 7 nitrogen and oxygen atoms in total. The van der Waals surface area contributed by atoms with Crippen molar-refractivity contribution in [3.05, 3.63) is 42.0 Å². The van der Waals surface area contributed by atoms with Gasteiger partial charge in [-0.2, -0.15) is 9.61 Å². The Morgan fingerprint density at radius 3 is 2.76 bits per heavy atom. The molecule has 1 N–H and O–H groups in total. The Balaban J connectivity index is 1.89. The number of nitrogens with one attached hydrogen (secondary N) is 1. The van der Waals surface area contributed by atoms with Crippen LogP contribution in [-0.4, -0.2) is 38.7 Å². The van der Waals surface area contributed by atoms with E-state index in [1.807, 2.05) is 43.0 Å². The maximum absolute atomic E-state index is 4.45. The molecule has 0 unspecified atom stereocenters. The van der Waals surface area contributed by atoms with Gasteiger partial charge in [0, 0.05) is 56.4 Å². The van der Waals surface area contributed by atoms with E-state index in [9.17, 15) is 0 Å². The molecule has 7 heteroatoms. The molecule has 0 aliphatic carbocycles. The standard InChI is InChI=1S/C14H17N7/c1-10-6-13(21-12(19-10)4-5-18-21)20(3)9-11-7-16-14(15-2)17-8-11/h4-8H,9H2,1-3H3,(H,15,16,17). The second-order valence-corrected chi connectivity index (χ2v) is 4.88. The monoisotopic (exact) mass is 283 g/mol. The quantitative estimate of drug-likeness (QED) is 0.782. The van der Waals surface area contributed by atoms with E-state index >= 15 is 0 Å². The van der Waals surface area contributed by atoms with Gasteiger partial charge < -0.3 is 10.2 Å². The molecule has 0 aliphatic heterocycles. The maximum atomic E-state index is 4.45. The molecule has 0 bridgehead atoms. The number of hydrogen-bond acceptors (Lipinski definition) is 6. The van der Waals surface area contributed by atoms with E-state index in [0.717, 1.165) is 22.7 Å². The summed E-state index contributed by atoms with van der Waals surface area (Å²) >= 11 is 0. The van der Waals surface area contributed by atoms with Crippen molar-refractivity contribution in [2.24, 2.45) is 0 Å². The van der Waals surface area contributed by atoms with Crippen LogP contribution in [0.5, 0.6) is 0 Å². The number of rotatable bonds is 4. The van der Waals surface area contributed by atoms with Gasteiger partial charge in [0.05, 0.1) is 6.20 Å². The Bertz CT molecular complexity index is 748. The van der Waals surface area contributed by atoms with Crippen LogP contribution in [-0.2, 0) is 6.54 Å². The lowest BCUT2D eigenvalue weighted by Gasteiger charge is -2.20. The summed E-state index contributed by atoms with van der Waals surface area (Å²) in [5.74, 6) is 1.61. The van der Waals surface area contributed by atoms with Crippen molar-refractivity contribution in [1.29, 1.82) is 0 Å². The molecule has 21 heavy (non-hydrogen) atoms. The van der Waals surface area contributed by atoms with Gasteiger partial charge in [0.2, 0.25) is 5.95 Å². The van der Waals surface area contributed by atoms with Gasteiger partial charge in [-0.05, 0) is 6.92 Å². The van der Waals surface area contributed by atoms with E-state index in [1.54, 1.807) is 13.2 Å². The first-order chi connectivity index (χ1) is 10.2. The van der Waals surface area contributed by atoms with Crippen LogP contribution >= 0.6 is 0 Å². The molecule has 0 amide bonds. The molecular weight excluding hydrogens is 266 g/mol. The van der Waals surface area contributed by atoms with Gasteiger partial charge in [-0.25, -0.2) is 15.0 Å². The summed E-state index contributed by atoms with van der Waals surface area (Å²) in [6.07, 6.45) is 5.40. The van der Waals surface area contributed by atoms with Crippen LogP contribution in [0.4, 0.5) is 11.8 Å². The normalized spacial score (nSPS) is 10.8. The van der Waals surface area contributed by atoms with Gasteiger partial charge >= 0.3 is 0 Å². The van der Waals surface area contributed by atoms with Gasteiger partial charge in [-0.1, -0.05) is 0 Å². The van der Waals surface area contributed by atoms with Crippen LogP contribution in [0.1, 0.15) is 11.3 Å². The first kappa shape index (κ1) is 13.3. The lowest BCUT2D eigenvalue weighted by atomic mass is 10.3. The largest absolute Gasteiger partial charge is 0.357 e. The summed E-state index contributed by atoms with van der Waals surface area (Å²) in [6, 6.07) is 3.91. The Kier molecular flexibility index (Phi) is 3.39. The zero-order chi connectivity index (χ0) is 14.8. The summed E-state index contributed by atoms with van der Waals surface area (Å²) in [5.41, 5.74) is 2.84. The van der Waals surface area contributed by atoms with Crippen molar-refractivity contribution in [3.63, 3.8) is 0 Å². The molecule has 0 aromatic carbocycles. The van der Waals surface area contributed by atoms with E-state index in [2.05, 4.69) is 30.3 Å². The fourth-order valence-corrected chi connectivity index (χ4v) is 2.21. The van der Waals surface area contributed by atoms with Crippen molar-refractivity contribution in [1.82, 2.24) is 24.6 Å². The average molecular weight is 283 g/mol. The molecule has 0 fully saturated rings. The first-order valence-electron chi connectivity index (χ1n) is 6.68. The van der Waals surface area contributed by atoms with Crippen molar-refractivity contribution >= 4 is 17.4 Å². The van der Waals surface area contributed by atoms with Crippen LogP contribution in [0.25, 0.3) is 5.65 Å². The molecule has 0 atom stereocenters. The minimum absolute atomic E-state index is 0.621. The SMILES string of the molecule is CNc1ncc(CN(C)c2cc(C)nc3ccnn23)cn1. The summed E-state index contributed by atoms with van der Waals surface area (Å²) in [5, 5.41) is 7.23. The zero-order valence-electron chi connectivity index (χ0n) is 12.3. The number of hydrogen-bond donors (Lipinski definition) is 1. The van der Waals surface area contributed by atoms with E-state index < -0.39 is 0 Å². The van der Waals surface area contributed by atoms with Crippen molar-refractivity contribution in [3.8, 4) is 0 Å². The Hall–Kier alpha value is -2.70. The van der Waals surface area contributed by atoms with Gasteiger partial charge in [0.15, 0.2) is 5.65 Å². The van der Waals surface area contributed by atoms with Crippen LogP contribution < -0.4 is 10.2 Å². The highest BCUT2D eigenvalue weighted by atomic mass is 15.3. The van der Waals surface area contributed by atoms with Crippen LogP contribution in [0, 0.1) is 6.92 Å². The summed E-state index contributed by atoms with van der Waals surface area (Å²) in [6.45, 7) is 2.68. The third-order valence-electron chi connectivity index (χ3n) is 3.21. The van der Waals surface area contributed by atoms with Gasteiger partial charge in [0.25, 0.3) is 0 Å². The fourth-order valence-electron chi connectivity index (χ4n) is 2.21. The predicted molar refractivity (Wildman–Crippen MR) is 81.4 cm³/mol. The van der Waals surface area contributed by atoms with Crippen molar-refractivity contribution in [2.45, 2.75) is 13.5 Å². The molecule has 3 heterocycles. The summed E-state index contributed by atoms with van der Waals surface area (Å²) < 4.78 is 1.83. The highest BCUT2D eigenvalue weighted by molar-refractivity contribution is 5.50. The number of aryl methyl sites for hydroxylation is 1. The summed E-state index contributed by atoms with van der Waals surface area (Å²) in [7, 11) is 3.82. The fraction of sp³-hybridized carbons (Fsp3) is 0.286. The molecule has 3 aromatic heterocycles. The van der Waals surface area contributed by atoms with Crippen LogP contribution in [0.15, 0.2) is 30.7 Å². The number of fused-ring (bicyclic) bond motifs is 1. The average Bonchev–Trinajstić information content (AvgIpc) is 2.95. The first-order valence-corrected chi connectivity index (χ1v) is 6.68. The van der Waals surface area contributed by atoms with E-state index in [-0.39, 0.29) is 0 Å². The minimum atomic E-state index is 0.621. The lowest BCUT2D eigenvalue weighted by molar-refractivity contribution is 0.822. The summed E-state index contributed by atoms with van der Waals surface area (Å²) in [4.78, 5) is 15.0. The highest BCUT2D eigenvalue weighted by Crippen LogP contribution is 2.17. The molecule has 0 saturated carbocycles. The molecule has 108 valence electrons.